The summed E-state index contributed by atoms with van der Waals surface area (Å²) in [5, 5.41) is 5.40. The summed E-state index contributed by atoms with van der Waals surface area (Å²) >= 11 is 12.3. The number of halogens is 2. The SMILES string of the molecule is Cc1onc(-c2ccccc2Cl)c1C(=O)N1CCN(Cc2ccc(Cl)cc2)CC1. The molecule has 150 valence electrons. The molecule has 7 heteroatoms. The third kappa shape index (κ3) is 4.32. The van der Waals surface area contributed by atoms with Crippen LogP contribution in [0, 0.1) is 6.92 Å². The molecule has 1 saturated heterocycles. The van der Waals surface area contributed by atoms with E-state index in [0.29, 0.717) is 40.7 Å². The smallest absolute Gasteiger partial charge is 0.259 e. The molecule has 0 radical (unpaired) electrons. The van der Waals surface area contributed by atoms with Crippen molar-refractivity contribution in [2.45, 2.75) is 13.5 Å². The lowest BCUT2D eigenvalue weighted by molar-refractivity contribution is 0.0627. The normalized spacial score (nSPS) is 14.9. The first kappa shape index (κ1) is 20.0. The monoisotopic (exact) mass is 429 g/mol. The number of benzene rings is 2. The molecule has 2 aromatic carbocycles. The Bertz CT molecular complexity index is 1010. The summed E-state index contributed by atoms with van der Waals surface area (Å²) in [6, 6.07) is 15.2. The van der Waals surface area contributed by atoms with Gasteiger partial charge in [0.15, 0.2) is 0 Å². The first-order chi connectivity index (χ1) is 14.0. The van der Waals surface area contributed by atoms with Gasteiger partial charge in [0.05, 0.1) is 5.02 Å². The number of aromatic nitrogens is 1. The van der Waals surface area contributed by atoms with Crippen LogP contribution in [0.2, 0.25) is 10.0 Å². The van der Waals surface area contributed by atoms with Crippen molar-refractivity contribution < 1.29 is 9.32 Å². The van der Waals surface area contributed by atoms with Crippen LogP contribution in [0.4, 0.5) is 0 Å². The van der Waals surface area contributed by atoms with Gasteiger partial charge < -0.3 is 9.42 Å². The van der Waals surface area contributed by atoms with Gasteiger partial charge in [-0.05, 0) is 30.7 Å². The van der Waals surface area contributed by atoms with Crippen molar-refractivity contribution in [3.05, 3.63) is 75.5 Å². The van der Waals surface area contributed by atoms with Gasteiger partial charge in [-0.3, -0.25) is 9.69 Å². The Labute approximate surface area is 179 Å². The van der Waals surface area contributed by atoms with E-state index in [4.69, 9.17) is 27.7 Å². The van der Waals surface area contributed by atoms with Crippen LogP contribution >= 0.6 is 23.2 Å². The molecule has 3 aromatic rings. The average molecular weight is 430 g/mol. The number of carbonyl (C=O) groups excluding carboxylic acids is 1. The van der Waals surface area contributed by atoms with Gasteiger partial charge in [0.25, 0.3) is 5.91 Å². The van der Waals surface area contributed by atoms with Gasteiger partial charge in [-0.25, -0.2) is 0 Å². The van der Waals surface area contributed by atoms with Crippen molar-refractivity contribution in [1.29, 1.82) is 0 Å². The van der Waals surface area contributed by atoms with Gasteiger partial charge in [0, 0.05) is 43.3 Å². The summed E-state index contributed by atoms with van der Waals surface area (Å²) in [6.45, 7) is 5.52. The molecule has 1 aliphatic rings. The minimum Gasteiger partial charge on any atom is -0.360 e. The van der Waals surface area contributed by atoms with Crippen LogP contribution in [0.3, 0.4) is 0 Å². The first-order valence-corrected chi connectivity index (χ1v) is 10.3. The van der Waals surface area contributed by atoms with E-state index in [1.165, 1.54) is 5.56 Å². The predicted octanol–water partition coefficient (Wildman–Crippen LogP) is 4.91. The Balaban J connectivity index is 1.46. The lowest BCUT2D eigenvalue weighted by Gasteiger charge is -2.34. The molecule has 1 amide bonds. The molecule has 0 unspecified atom stereocenters. The molecule has 0 saturated carbocycles. The lowest BCUT2D eigenvalue weighted by atomic mass is 10.0. The van der Waals surface area contributed by atoms with Crippen LogP contribution in [0.15, 0.2) is 53.1 Å². The fourth-order valence-electron chi connectivity index (χ4n) is 3.58. The topological polar surface area (TPSA) is 49.6 Å². The van der Waals surface area contributed by atoms with E-state index in [0.717, 1.165) is 24.7 Å². The lowest BCUT2D eigenvalue weighted by Crippen LogP contribution is -2.48. The summed E-state index contributed by atoms with van der Waals surface area (Å²) in [7, 11) is 0. The van der Waals surface area contributed by atoms with Gasteiger partial charge in [-0.1, -0.05) is 58.7 Å². The third-order valence-corrected chi connectivity index (χ3v) is 5.77. The Morgan fingerprint density at radius 1 is 1.03 bits per heavy atom. The standard InChI is InChI=1S/C22H21Cl2N3O2/c1-15-20(21(25-29-15)18-4-2-3-5-19(18)24)22(28)27-12-10-26(11-13-27)14-16-6-8-17(23)9-7-16/h2-9H,10-14H2,1H3. The molecule has 4 rings (SSSR count). The van der Waals surface area contributed by atoms with Crippen molar-refractivity contribution in [3.63, 3.8) is 0 Å². The van der Waals surface area contributed by atoms with E-state index in [1.54, 1.807) is 13.0 Å². The molecule has 0 bridgehead atoms. The highest BCUT2D eigenvalue weighted by Gasteiger charge is 2.29. The molecular formula is C22H21Cl2N3O2. The van der Waals surface area contributed by atoms with E-state index >= 15 is 0 Å². The zero-order valence-corrected chi connectivity index (χ0v) is 17.6. The highest BCUT2D eigenvalue weighted by molar-refractivity contribution is 6.33. The highest BCUT2D eigenvalue weighted by atomic mass is 35.5. The minimum absolute atomic E-state index is 0.0650. The van der Waals surface area contributed by atoms with Crippen LogP contribution < -0.4 is 0 Å². The maximum Gasteiger partial charge on any atom is 0.259 e. The summed E-state index contributed by atoms with van der Waals surface area (Å²) in [5.41, 5.74) is 2.91. The second kappa shape index (κ2) is 8.57. The summed E-state index contributed by atoms with van der Waals surface area (Å²) < 4.78 is 5.35. The van der Waals surface area contributed by atoms with E-state index in [9.17, 15) is 4.79 Å². The molecule has 0 spiro atoms. The van der Waals surface area contributed by atoms with Crippen molar-refractivity contribution in [2.24, 2.45) is 0 Å². The van der Waals surface area contributed by atoms with Crippen molar-refractivity contribution in [1.82, 2.24) is 15.0 Å². The maximum atomic E-state index is 13.2. The number of piperazine rings is 1. The van der Waals surface area contributed by atoms with E-state index < -0.39 is 0 Å². The number of amides is 1. The molecule has 1 aromatic heterocycles. The molecule has 2 heterocycles. The second-order valence-corrected chi connectivity index (χ2v) is 7.98. The van der Waals surface area contributed by atoms with E-state index in [2.05, 4.69) is 10.1 Å². The van der Waals surface area contributed by atoms with E-state index in [1.807, 2.05) is 47.4 Å². The summed E-state index contributed by atoms with van der Waals surface area (Å²) in [4.78, 5) is 17.4. The first-order valence-electron chi connectivity index (χ1n) is 9.50. The molecule has 1 aliphatic heterocycles. The third-order valence-electron chi connectivity index (χ3n) is 5.18. The van der Waals surface area contributed by atoms with Crippen molar-refractivity contribution in [2.75, 3.05) is 26.2 Å². The van der Waals surface area contributed by atoms with Crippen molar-refractivity contribution in [3.8, 4) is 11.3 Å². The van der Waals surface area contributed by atoms with Gasteiger partial charge >= 0.3 is 0 Å². The molecule has 0 aliphatic carbocycles. The highest BCUT2D eigenvalue weighted by Crippen LogP contribution is 2.32. The molecule has 5 nitrogen and oxygen atoms in total. The fourth-order valence-corrected chi connectivity index (χ4v) is 3.93. The predicted molar refractivity (Wildman–Crippen MR) is 114 cm³/mol. The fraction of sp³-hybridized carbons (Fsp3) is 0.273. The Hall–Kier alpha value is -2.34. The maximum absolute atomic E-state index is 13.2. The Kier molecular flexibility index (Phi) is 5.90. The minimum atomic E-state index is -0.0650. The van der Waals surface area contributed by atoms with Gasteiger partial charge in [-0.2, -0.15) is 0 Å². The van der Waals surface area contributed by atoms with Crippen molar-refractivity contribution >= 4 is 29.1 Å². The van der Waals surface area contributed by atoms with Crippen LogP contribution in [-0.4, -0.2) is 47.0 Å². The molecule has 0 N–H and O–H groups in total. The van der Waals surface area contributed by atoms with Gasteiger partial charge in [-0.15, -0.1) is 0 Å². The quantitative estimate of drug-likeness (QED) is 0.590. The van der Waals surface area contributed by atoms with Crippen LogP contribution in [0.1, 0.15) is 21.7 Å². The molecule has 29 heavy (non-hydrogen) atoms. The molecular weight excluding hydrogens is 409 g/mol. The Morgan fingerprint density at radius 3 is 2.41 bits per heavy atom. The molecule has 0 atom stereocenters. The van der Waals surface area contributed by atoms with Crippen LogP contribution in [0.25, 0.3) is 11.3 Å². The number of nitrogens with zero attached hydrogens (tertiary/aromatic N) is 3. The van der Waals surface area contributed by atoms with E-state index in [-0.39, 0.29) is 5.91 Å². The zero-order chi connectivity index (χ0) is 20.4. The number of hydrogen-bond donors (Lipinski definition) is 0. The number of hydrogen-bond acceptors (Lipinski definition) is 4. The number of rotatable bonds is 4. The second-order valence-electron chi connectivity index (χ2n) is 7.14. The largest absolute Gasteiger partial charge is 0.360 e. The Morgan fingerprint density at radius 2 is 1.72 bits per heavy atom. The molecule has 1 fully saturated rings. The van der Waals surface area contributed by atoms with Gasteiger partial charge in [0.2, 0.25) is 0 Å². The van der Waals surface area contributed by atoms with Crippen LogP contribution in [-0.2, 0) is 6.54 Å². The number of carbonyl (C=O) groups is 1. The van der Waals surface area contributed by atoms with Crippen LogP contribution in [0.5, 0.6) is 0 Å². The summed E-state index contributed by atoms with van der Waals surface area (Å²) in [6.07, 6.45) is 0. The van der Waals surface area contributed by atoms with Gasteiger partial charge in [0.1, 0.15) is 17.0 Å². The number of aryl methyl sites for hydroxylation is 1. The average Bonchev–Trinajstić information content (AvgIpc) is 3.11. The summed E-state index contributed by atoms with van der Waals surface area (Å²) in [5.74, 6) is 0.443. The zero-order valence-electron chi connectivity index (χ0n) is 16.1.